The number of sulfonamides is 1. The number of carbonyl (C=O) groups is 1. The van der Waals surface area contributed by atoms with Crippen molar-refractivity contribution in [3.63, 3.8) is 0 Å². The van der Waals surface area contributed by atoms with Gasteiger partial charge in [-0.15, -0.1) is 0 Å². The second kappa shape index (κ2) is 9.41. The van der Waals surface area contributed by atoms with Crippen molar-refractivity contribution in [3.8, 4) is 5.75 Å². The summed E-state index contributed by atoms with van der Waals surface area (Å²) < 4.78 is 33.2. The summed E-state index contributed by atoms with van der Waals surface area (Å²) in [5.74, 6) is 0.246. The summed E-state index contributed by atoms with van der Waals surface area (Å²) in [6.45, 7) is 5.38. The summed E-state index contributed by atoms with van der Waals surface area (Å²) in [6.07, 6.45) is -0.736. The number of halogens is 1. The number of carbonyl (C=O) groups excluding carboxylic acids is 1. The Bertz CT molecular complexity index is 1180. The lowest BCUT2D eigenvalue weighted by atomic mass is 10.2. The summed E-state index contributed by atoms with van der Waals surface area (Å²) in [7, 11) is -3.69. The molecule has 0 saturated carbocycles. The monoisotopic (exact) mass is 458 g/mol. The van der Waals surface area contributed by atoms with Crippen molar-refractivity contribution in [3.05, 3.63) is 82.9 Å². The fraction of sp³-hybridized carbons (Fsp3) is 0.174. The van der Waals surface area contributed by atoms with Crippen LogP contribution < -0.4 is 14.8 Å². The van der Waals surface area contributed by atoms with Crippen molar-refractivity contribution in [1.82, 2.24) is 0 Å². The minimum absolute atomic E-state index is 0.180. The van der Waals surface area contributed by atoms with Gasteiger partial charge >= 0.3 is 0 Å². The van der Waals surface area contributed by atoms with Crippen LogP contribution in [0.25, 0.3) is 0 Å². The number of amides is 1. The Morgan fingerprint density at radius 3 is 2.16 bits per heavy atom. The highest BCUT2D eigenvalue weighted by Gasteiger charge is 2.17. The molecule has 3 aromatic rings. The van der Waals surface area contributed by atoms with Crippen LogP contribution in [0.4, 0.5) is 11.4 Å². The minimum Gasteiger partial charge on any atom is -0.481 e. The fourth-order valence-electron chi connectivity index (χ4n) is 2.79. The standard InChI is InChI=1S/C23H23ClN2O4S/c1-15-4-11-21(12-5-15)31(28,29)26-20-9-7-19(8-10-20)25-23(27)17(3)30-22-13-6-18(24)14-16(22)2/h4-14,17,26H,1-3H3,(H,25,27). The number of benzene rings is 3. The van der Waals surface area contributed by atoms with Crippen LogP contribution in [0, 0.1) is 13.8 Å². The molecule has 0 aliphatic carbocycles. The van der Waals surface area contributed by atoms with Crippen LogP contribution >= 0.6 is 11.6 Å². The van der Waals surface area contributed by atoms with Gasteiger partial charge in [-0.1, -0.05) is 29.3 Å². The van der Waals surface area contributed by atoms with E-state index in [1.54, 1.807) is 73.7 Å². The van der Waals surface area contributed by atoms with E-state index in [4.69, 9.17) is 16.3 Å². The molecule has 8 heteroatoms. The molecule has 0 aliphatic heterocycles. The van der Waals surface area contributed by atoms with Crippen LogP contribution in [-0.4, -0.2) is 20.4 Å². The third kappa shape index (κ3) is 5.99. The number of rotatable bonds is 7. The van der Waals surface area contributed by atoms with Crippen molar-refractivity contribution in [1.29, 1.82) is 0 Å². The molecule has 6 nitrogen and oxygen atoms in total. The molecule has 1 amide bonds. The van der Waals surface area contributed by atoms with Gasteiger partial charge in [0.15, 0.2) is 6.10 Å². The van der Waals surface area contributed by atoms with E-state index in [2.05, 4.69) is 10.0 Å². The molecule has 0 aromatic heterocycles. The summed E-state index contributed by atoms with van der Waals surface area (Å²) in [6, 6.07) is 18.2. The maximum absolute atomic E-state index is 12.5. The number of hydrogen-bond donors (Lipinski definition) is 2. The predicted molar refractivity (Wildman–Crippen MR) is 123 cm³/mol. The molecule has 0 spiro atoms. The smallest absolute Gasteiger partial charge is 0.265 e. The van der Waals surface area contributed by atoms with Crippen LogP contribution in [0.5, 0.6) is 5.75 Å². The highest BCUT2D eigenvalue weighted by Crippen LogP contribution is 2.23. The first-order valence-corrected chi connectivity index (χ1v) is 11.4. The van der Waals surface area contributed by atoms with E-state index in [0.717, 1.165) is 11.1 Å². The zero-order valence-corrected chi connectivity index (χ0v) is 18.9. The average Bonchev–Trinajstić information content (AvgIpc) is 2.71. The van der Waals surface area contributed by atoms with Gasteiger partial charge in [-0.25, -0.2) is 8.42 Å². The number of hydrogen-bond acceptors (Lipinski definition) is 4. The van der Waals surface area contributed by atoms with Gasteiger partial charge in [-0.05, 0) is 80.9 Å². The molecule has 0 saturated heterocycles. The van der Waals surface area contributed by atoms with E-state index in [0.29, 0.717) is 22.1 Å². The van der Waals surface area contributed by atoms with Gasteiger partial charge in [0.1, 0.15) is 5.75 Å². The lowest BCUT2D eigenvalue weighted by Crippen LogP contribution is -2.30. The molecule has 3 aromatic carbocycles. The first kappa shape index (κ1) is 22.7. The molecule has 3 rings (SSSR count). The average molecular weight is 459 g/mol. The maximum atomic E-state index is 12.5. The van der Waals surface area contributed by atoms with Crippen molar-refractivity contribution in [2.45, 2.75) is 31.8 Å². The Kier molecular flexibility index (Phi) is 6.87. The van der Waals surface area contributed by atoms with E-state index in [9.17, 15) is 13.2 Å². The first-order valence-electron chi connectivity index (χ1n) is 9.57. The van der Waals surface area contributed by atoms with Crippen LogP contribution in [0.15, 0.2) is 71.6 Å². The van der Waals surface area contributed by atoms with Crippen molar-refractivity contribution < 1.29 is 17.9 Å². The fourth-order valence-corrected chi connectivity index (χ4v) is 4.07. The van der Waals surface area contributed by atoms with E-state index >= 15 is 0 Å². The number of ether oxygens (including phenoxy) is 1. The lowest BCUT2D eigenvalue weighted by molar-refractivity contribution is -0.122. The molecular formula is C23H23ClN2O4S. The minimum atomic E-state index is -3.69. The molecule has 162 valence electrons. The SMILES string of the molecule is Cc1ccc(S(=O)(=O)Nc2ccc(NC(=O)C(C)Oc3ccc(Cl)cc3C)cc2)cc1. The van der Waals surface area contributed by atoms with E-state index in [-0.39, 0.29) is 10.8 Å². The van der Waals surface area contributed by atoms with Gasteiger partial charge in [0, 0.05) is 16.4 Å². The Morgan fingerprint density at radius 2 is 1.55 bits per heavy atom. The van der Waals surface area contributed by atoms with Gasteiger partial charge in [0.05, 0.1) is 4.90 Å². The summed E-state index contributed by atoms with van der Waals surface area (Å²) in [5, 5.41) is 3.35. The van der Waals surface area contributed by atoms with Gasteiger partial charge in [0.25, 0.3) is 15.9 Å². The van der Waals surface area contributed by atoms with E-state index < -0.39 is 16.1 Å². The second-order valence-electron chi connectivity index (χ2n) is 7.16. The van der Waals surface area contributed by atoms with Crippen LogP contribution in [-0.2, 0) is 14.8 Å². The number of aryl methyl sites for hydroxylation is 2. The van der Waals surface area contributed by atoms with Gasteiger partial charge in [-0.2, -0.15) is 0 Å². The Labute approximate surface area is 187 Å². The Hall–Kier alpha value is -3.03. The van der Waals surface area contributed by atoms with Gasteiger partial charge in [0.2, 0.25) is 0 Å². The lowest BCUT2D eigenvalue weighted by Gasteiger charge is -2.16. The first-order chi connectivity index (χ1) is 14.6. The third-order valence-electron chi connectivity index (χ3n) is 4.55. The molecular weight excluding hydrogens is 436 g/mol. The largest absolute Gasteiger partial charge is 0.481 e. The molecule has 0 bridgehead atoms. The molecule has 1 unspecified atom stereocenters. The molecule has 0 fully saturated rings. The molecule has 2 N–H and O–H groups in total. The molecule has 31 heavy (non-hydrogen) atoms. The quantitative estimate of drug-likeness (QED) is 0.512. The zero-order chi connectivity index (χ0) is 22.6. The molecule has 1 atom stereocenters. The van der Waals surface area contributed by atoms with E-state index in [1.165, 1.54) is 0 Å². The summed E-state index contributed by atoms with van der Waals surface area (Å²) in [4.78, 5) is 12.6. The van der Waals surface area contributed by atoms with Crippen LogP contribution in [0.3, 0.4) is 0 Å². The summed E-state index contributed by atoms with van der Waals surface area (Å²) >= 11 is 5.94. The predicted octanol–water partition coefficient (Wildman–Crippen LogP) is 5.16. The highest BCUT2D eigenvalue weighted by molar-refractivity contribution is 7.92. The Balaban J connectivity index is 1.62. The van der Waals surface area contributed by atoms with Crippen molar-refractivity contribution >= 4 is 38.9 Å². The maximum Gasteiger partial charge on any atom is 0.265 e. The van der Waals surface area contributed by atoms with E-state index in [1.807, 2.05) is 13.8 Å². The second-order valence-corrected chi connectivity index (χ2v) is 9.27. The topological polar surface area (TPSA) is 84.5 Å². The number of nitrogens with one attached hydrogen (secondary N) is 2. The van der Waals surface area contributed by atoms with Gasteiger partial charge in [-0.3, -0.25) is 9.52 Å². The van der Waals surface area contributed by atoms with Crippen molar-refractivity contribution in [2.75, 3.05) is 10.0 Å². The highest BCUT2D eigenvalue weighted by atomic mass is 35.5. The van der Waals surface area contributed by atoms with Crippen molar-refractivity contribution in [2.24, 2.45) is 0 Å². The van der Waals surface area contributed by atoms with Crippen LogP contribution in [0.2, 0.25) is 5.02 Å². The van der Waals surface area contributed by atoms with Gasteiger partial charge < -0.3 is 10.1 Å². The summed E-state index contributed by atoms with van der Waals surface area (Å²) in [5.41, 5.74) is 2.71. The Morgan fingerprint density at radius 1 is 0.935 bits per heavy atom. The normalized spacial score (nSPS) is 12.1. The molecule has 0 heterocycles. The molecule has 0 aliphatic rings. The van der Waals surface area contributed by atoms with Crippen LogP contribution in [0.1, 0.15) is 18.1 Å². The third-order valence-corrected chi connectivity index (χ3v) is 6.18. The zero-order valence-electron chi connectivity index (χ0n) is 17.3. The molecule has 0 radical (unpaired) electrons. The number of anilines is 2.